The van der Waals surface area contributed by atoms with Crippen LogP contribution in [0.4, 0.5) is 0 Å². The molecule has 24 heavy (non-hydrogen) atoms. The Labute approximate surface area is 142 Å². The first-order valence-corrected chi connectivity index (χ1v) is 7.79. The average Bonchev–Trinajstić information content (AvgIpc) is 2.67. The standard InChI is InChI=1S/C21H19NO2/c1-23-21-9-5-6-18(14-21)15-22-24-16-17-10-12-20(13-11-17)19-7-3-2-4-8-19/h2-15H,16H2,1H3. The van der Waals surface area contributed by atoms with E-state index in [0.29, 0.717) is 6.61 Å². The normalized spacial score (nSPS) is 10.7. The number of ether oxygens (including phenoxy) is 1. The van der Waals surface area contributed by atoms with Crippen LogP contribution < -0.4 is 4.74 Å². The molecule has 3 nitrogen and oxygen atoms in total. The fourth-order valence-corrected chi connectivity index (χ4v) is 2.36. The van der Waals surface area contributed by atoms with E-state index in [1.807, 2.05) is 42.5 Å². The molecule has 0 saturated carbocycles. The molecular weight excluding hydrogens is 298 g/mol. The third kappa shape index (κ3) is 4.23. The van der Waals surface area contributed by atoms with Crippen molar-refractivity contribution in [2.24, 2.45) is 5.16 Å². The van der Waals surface area contributed by atoms with Crippen LogP contribution >= 0.6 is 0 Å². The van der Waals surface area contributed by atoms with E-state index in [9.17, 15) is 0 Å². The number of oxime groups is 1. The maximum absolute atomic E-state index is 5.37. The first kappa shape index (κ1) is 15.8. The van der Waals surface area contributed by atoms with Gasteiger partial charge in [0.1, 0.15) is 12.4 Å². The molecule has 120 valence electrons. The summed E-state index contributed by atoms with van der Waals surface area (Å²) in [6.45, 7) is 0.440. The van der Waals surface area contributed by atoms with Gasteiger partial charge < -0.3 is 9.57 Å². The lowest BCUT2D eigenvalue weighted by atomic mass is 10.0. The topological polar surface area (TPSA) is 30.8 Å². The Bertz CT molecular complexity index is 796. The average molecular weight is 317 g/mol. The Balaban J connectivity index is 1.56. The molecule has 0 aliphatic rings. The van der Waals surface area contributed by atoms with Crippen LogP contribution in [0.2, 0.25) is 0 Å². The van der Waals surface area contributed by atoms with E-state index >= 15 is 0 Å². The molecule has 0 saturated heterocycles. The Hall–Kier alpha value is -3.07. The molecule has 0 spiro atoms. The van der Waals surface area contributed by atoms with Crippen molar-refractivity contribution in [1.29, 1.82) is 0 Å². The zero-order valence-electron chi connectivity index (χ0n) is 13.6. The Morgan fingerprint density at radius 3 is 2.33 bits per heavy atom. The molecule has 0 aromatic heterocycles. The summed E-state index contributed by atoms with van der Waals surface area (Å²) in [6, 6.07) is 26.3. The predicted octanol–water partition coefficient (Wildman–Crippen LogP) is 4.91. The number of benzene rings is 3. The summed E-state index contributed by atoms with van der Waals surface area (Å²) in [6.07, 6.45) is 1.68. The number of methoxy groups -OCH3 is 1. The van der Waals surface area contributed by atoms with Crippen LogP contribution in [0.5, 0.6) is 5.75 Å². The molecule has 3 heteroatoms. The molecule has 0 N–H and O–H groups in total. The van der Waals surface area contributed by atoms with Gasteiger partial charge in [0, 0.05) is 0 Å². The van der Waals surface area contributed by atoms with Gasteiger partial charge in [0.05, 0.1) is 13.3 Å². The molecule has 0 aliphatic carbocycles. The number of nitrogens with zero attached hydrogens (tertiary/aromatic N) is 1. The molecule has 0 heterocycles. The van der Waals surface area contributed by atoms with Crippen LogP contribution in [0.1, 0.15) is 11.1 Å². The van der Waals surface area contributed by atoms with Gasteiger partial charge in [-0.1, -0.05) is 71.9 Å². The summed E-state index contributed by atoms with van der Waals surface area (Å²) in [5, 5.41) is 4.01. The van der Waals surface area contributed by atoms with Crippen LogP contribution in [-0.2, 0) is 11.4 Å². The highest BCUT2D eigenvalue weighted by molar-refractivity contribution is 5.79. The molecule has 0 atom stereocenters. The van der Waals surface area contributed by atoms with E-state index in [4.69, 9.17) is 9.57 Å². The van der Waals surface area contributed by atoms with E-state index < -0.39 is 0 Å². The van der Waals surface area contributed by atoms with E-state index in [1.165, 1.54) is 11.1 Å². The van der Waals surface area contributed by atoms with E-state index in [1.54, 1.807) is 13.3 Å². The van der Waals surface area contributed by atoms with Crippen molar-refractivity contribution in [3.05, 3.63) is 90.0 Å². The molecule has 0 unspecified atom stereocenters. The van der Waals surface area contributed by atoms with Crippen molar-refractivity contribution < 1.29 is 9.57 Å². The monoisotopic (exact) mass is 317 g/mol. The first-order valence-electron chi connectivity index (χ1n) is 7.79. The molecular formula is C21H19NO2. The Kier molecular flexibility index (Phi) is 5.25. The summed E-state index contributed by atoms with van der Waals surface area (Å²) >= 11 is 0. The Morgan fingerprint density at radius 1 is 0.833 bits per heavy atom. The van der Waals surface area contributed by atoms with Crippen LogP contribution in [0.25, 0.3) is 11.1 Å². The molecule has 3 aromatic rings. The molecule has 0 radical (unpaired) electrons. The molecule has 0 amide bonds. The van der Waals surface area contributed by atoms with Crippen molar-refractivity contribution in [1.82, 2.24) is 0 Å². The number of hydrogen-bond acceptors (Lipinski definition) is 3. The summed E-state index contributed by atoms with van der Waals surface area (Å²) < 4.78 is 5.18. The van der Waals surface area contributed by atoms with Gasteiger partial charge >= 0.3 is 0 Å². The lowest BCUT2D eigenvalue weighted by Crippen LogP contribution is -1.89. The van der Waals surface area contributed by atoms with Crippen LogP contribution in [0.15, 0.2) is 84.0 Å². The maximum Gasteiger partial charge on any atom is 0.142 e. The minimum absolute atomic E-state index is 0.440. The fraction of sp³-hybridized carbons (Fsp3) is 0.0952. The summed E-state index contributed by atoms with van der Waals surface area (Å²) in [7, 11) is 1.64. The molecule has 3 aromatic carbocycles. The maximum atomic E-state index is 5.37. The lowest BCUT2D eigenvalue weighted by Gasteiger charge is -2.04. The van der Waals surface area contributed by atoms with Gasteiger partial charge in [0.25, 0.3) is 0 Å². The van der Waals surface area contributed by atoms with Gasteiger partial charge in [0.15, 0.2) is 0 Å². The summed E-state index contributed by atoms with van der Waals surface area (Å²) in [4.78, 5) is 5.37. The summed E-state index contributed by atoms with van der Waals surface area (Å²) in [5.41, 5.74) is 4.42. The molecule has 0 fully saturated rings. The third-order valence-corrected chi connectivity index (χ3v) is 3.66. The van der Waals surface area contributed by atoms with Crippen molar-refractivity contribution in [2.75, 3.05) is 7.11 Å². The third-order valence-electron chi connectivity index (χ3n) is 3.66. The minimum Gasteiger partial charge on any atom is -0.497 e. The van der Waals surface area contributed by atoms with Crippen molar-refractivity contribution in [3.63, 3.8) is 0 Å². The van der Waals surface area contributed by atoms with Gasteiger partial charge in [-0.25, -0.2) is 0 Å². The van der Waals surface area contributed by atoms with E-state index in [-0.39, 0.29) is 0 Å². The van der Waals surface area contributed by atoms with Gasteiger partial charge in [-0.05, 0) is 34.4 Å². The van der Waals surface area contributed by atoms with Crippen LogP contribution in [0, 0.1) is 0 Å². The largest absolute Gasteiger partial charge is 0.497 e. The summed E-state index contributed by atoms with van der Waals surface area (Å²) in [5.74, 6) is 0.801. The van der Waals surface area contributed by atoms with Gasteiger partial charge in [-0.3, -0.25) is 0 Å². The van der Waals surface area contributed by atoms with Crippen LogP contribution in [-0.4, -0.2) is 13.3 Å². The van der Waals surface area contributed by atoms with Gasteiger partial charge in [-0.15, -0.1) is 0 Å². The molecule has 0 aliphatic heterocycles. The SMILES string of the molecule is COc1cccc(C=NOCc2ccc(-c3ccccc3)cc2)c1. The number of hydrogen-bond donors (Lipinski definition) is 0. The second kappa shape index (κ2) is 7.97. The number of rotatable bonds is 6. The Morgan fingerprint density at radius 2 is 1.58 bits per heavy atom. The van der Waals surface area contributed by atoms with Crippen molar-refractivity contribution in [3.8, 4) is 16.9 Å². The highest BCUT2D eigenvalue weighted by Crippen LogP contribution is 2.19. The molecule has 3 rings (SSSR count). The van der Waals surface area contributed by atoms with Crippen molar-refractivity contribution in [2.45, 2.75) is 6.61 Å². The minimum atomic E-state index is 0.440. The lowest BCUT2D eigenvalue weighted by molar-refractivity contribution is 0.132. The second-order valence-corrected chi connectivity index (χ2v) is 5.35. The molecule has 0 bridgehead atoms. The quantitative estimate of drug-likeness (QED) is 0.477. The van der Waals surface area contributed by atoms with Gasteiger partial charge in [0.2, 0.25) is 0 Å². The first-order chi connectivity index (χ1) is 11.8. The highest BCUT2D eigenvalue weighted by Gasteiger charge is 1.98. The highest BCUT2D eigenvalue weighted by atomic mass is 16.6. The van der Waals surface area contributed by atoms with E-state index in [2.05, 4.69) is 41.6 Å². The van der Waals surface area contributed by atoms with E-state index in [0.717, 1.165) is 16.9 Å². The second-order valence-electron chi connectivity index (χ2n) is 5.35. The van der Waals surface area contributed by atoms with Crippen LogP contribution in [0.3, 0.4) is 0 Å². The smallest absolute Gasteiger partial charge is 0.142 e. The predicted molar refractivity (Wildman–Crippen MR) is 97.3 cm³/mol. The fourth-order valence-electron chi connectivity index (χ4n) is 2.36. The zero-order chi connectivity index (χ0) is 16.6. The van der Waals surface area contributed by atoms with Crippen molar-refractivity contribution >= 4 is 6.21 Å². The zero-order valence-corrected chi connectivity index (χ0v) is 13.6. The van der Waals surface area contributed by atoms with Gasteiger partial charge in [-0.2, -0.15) is 0 Å².